The monoisotopic (exact) mass is 308 g/mol. The lowest BCUT2D eigenvalue weighted by molar-refractivity contribution is -0.0494. The number of aromatic amines is 1. The van der Waals surface area contributed by atoms with Crippen molar-refractivity contribution in [3.63, 3.8) is 0 Å². The van der Waals surface area contributed by atoms with Crippen LogP contribution in [0.1, 0.15) is 5.82 Å². The number of hydrogen-bond donors (Lipinski definition) is 1. The highest BCUT2D eigenvalue weighted by Gasteiger charge is 2.14. The van der Waals surface area contributed by atoms with Crippen molar-refractivity contribution in [3.05, 3.63) is 47.2 Å². The van der Waals surface area contributed by atoms with Crippen LogP contribution in [0.15, 0.2) is 36.4 Å². The molecule has 0 aliphatic rings. The van der Waals surface area contributed by atoms with Crippen molar-refractivity contribution in [2.45, 2.75) is 13.5 Å². The summed E-state index contributed by atoms with van der Waals surface area (Å²) in [5, 5.41) is 0.441. The fourth-order valence-electron chi connectivity index (χ4n) is 2.25. The van der Waals surface area contributed by atoms with E-state index in [4.69, 9.17) is 11.6 Å². The highest BCUT2D eigenvalue weighted by atomic mass is 35.5. The first kappa shape index (κ1) is 13.8. The Hall–Kier alpha value is -2.14. The summed E-state index contributed by atoms with van der Waals surface area (Å²) in [4.78, 5) is 7.41. The van der Waals surface area contributed by atoms with Crippen LogP contribution in [0.3, 0.4) is 0 Å². The molecule has 0 saturated carbocycles. The summed E-state index contributed by atoms with van der Waals surface area (Å²) < 4.78 is 29.6. The van der Waals surface area contributed by atoms with Gasteiger partial charge in [-0.2, -0.15) is 8.78 Å². The van der Waals surface area contributed by atoms with E-state index in [-0.39, 0.29) is 5.75 Å². The van der Waals surface area contributed by atoms with Gasteiger partial charge in [0.05, 0.1) is 16.1 Å². The number of benzene rings is 2. The Labute approximate surface area is 124 Å². The van der Waals surface area contributed by atoms with E-state index in [0.717, 1.165) is 16.9 Å². The van der Waals surface area contributed by atoms with E-state index in [9.17, 15) is 8.78 Å². The molecule has 108 valence electrons. The molecule has 2 aromatic carbocycles. The fourth-order valence-corrected chi connectivity index (χ4v) is 2.52. The molecule has 0 fully saturated rings. The highest BCUT2D eigenvalue weighted by Crippen LogP contribution is 2.37. The standard InChI is InChI=1S/C15H11ClF2N2O/c1-8-19-12-6-10(11(16)7-13(12)20-8)9-4-2-3-5-14(9)21-15(17)18/h2-7,15H,1H3,(H,19,20). The Kier molecular flexibility index (Phi) is 3.51. The number of fused-ring (bicyclic) bond motifs is 1. The second kappa shape index (κ2) is 5.33. The molecule has 6 heteroatoms. The Morgan fingerprint density at radius 2 is 1.95 bits per heavy atom. The zero-order valence-electron chi connectivity index (χ0n) is 11.0. The van der Waals surface area contributed by atoms with E-state index >= 15 is 0 Å². The van der Waals surface area contributed by atoms with E-state index < -0.39 is 6.61 Å². The predicted octanol–water partition coefficient (Wildman–Crippen LogP) is 4.79. The minimum Gasteiger partial charge on any atom is -0.434 e. The Bertz CT molecular complexity index is 801. The van der Waals surface area contributed by atoms with Crippen molar-refractivity contribution in [2.24, 2.45) is 0 Å². The number of ether oxygens (including phenoxy) is 1. The van der Waals surface area contributed by atoms with Crippen molar-refractivity contribution < 1.29 is 13.5 Å². The first-order valence-electron chi connectivity index (χ1n) is 6.24. The second-order valence-corrected chi connectivity index (χ2v) is 4.95. The van der Waals surface area contributed by atoms with Gasteiger partial charge >= 0.3 is 6.61 Å². The number of rotatable bonds is 3. The van der Waals surface area contributed by atoms with Crippen LogP contribution in [-0.4, -0.2) is 16.6 Å². The van der Waals surface area contributed by atoms with Gasteiger partial charge in [-0.25, -0.2) is 4.98 Å². The van der Waals surface area contributed by atoms with Gasteiger partial charge in [0.15, 0.2) is 0 Å². The molecule has 1 heterocycles. The second-order valence-electron chi connectivity index (χ2n) is 4.55. The van der Waals surface area contributed by atoms with E-state index in [0.29, 0.717) is 16.1 Å². The maximum absolute atomic E-state index is 12.5. The van der Waals surface area contributed by atoms with Gasteiger partial charge in [-0.1, -0.05) is 29.8 Å². The van der Waals surface area contributed by atoms with Gasteiger partial charge in [-0.3, -0.25) is 0 Å². The minimum absolute atomic E-state index is 0.0843. The maximum Gasteiger partial charge on any atom is 0.387 e. The molecule has 3 nitrogen and oxygen atoms in total. The summed E-state index contributed by atoms with van der Waals surface area (Å²) in [6.07, 6.45) is 0. The van der Waals surface area contributed by atoms with Crippen molar-refractivity contribution >= 4 is 22.6 Å². The lowest BCUT2D eigenvalue weighted by Crippen LogP contribution is -2.03. The van der Waals surface area contributed by atoms with E-state index in [2.05, 4.69) is 14.7 Å². The van der Waals surface area contributed by atoms with Gasteiger partial charge in [-0.15, -0.1) is 0 Å². The van der Waals surface area contributed by atoms with Crippen LogP contribution in [0, 0.1) is 6.92 Å². The van der Waals surface area contributed by atoms with Crippen LogP contribution in [0.2, 0.25) is 5.02 Å². The largest absolute Gasteiger partial charge is 0.434 e. The number of nitrogens with zero attached hydrogens (tertiary/aromatic N) is 1. The van der Waals surface area contributed by atoms with Crippen molar-refractivity contribution in [2.75, 3.05) is 0 Å². The lowest BCUT2D eigenvalue weighted by Gasteiger charge is -2.11. The molecule has 0 saturated heterocycles. The summed E-state index contributed by atoms with van der Waals surface area (Å²) in [7, 11) is 0. The molecule has 0 bridgehead atoms. The summed E-state index contributed by atoms with van der Waals surface area (Å²) >= 11 is 6.26. The third kappa shape index (κ3) is 2.69. The lowest BCUT2D eigenvalue weighted by atomic mass is 10.0. The Balaban J connectivity index is 2.17. The molecule has 0 unspecified atom stereocenters. The van der Waals surface area contributed by atoms with Gasteiger partial charge in [0.1, 0.15) is 11.6 Å². The maximum atomic E-state index is 12.5. The molecule has 0 spiro atoms. The topological polar surface area (TPSA) is 37.9 Å². The van der Waals surface area contributed by atoms with Gasteiger partial charge in [-0.05, 0) is 25.1 Å². The highest BCUT2D eigenvalue weighted by molar-refractivity contribution is 6.34. The van der Waals surface area contributed by atoms with Crippen LogP contribution in [-0.2, 0) is 0 Å². The van der Waals surface area contributed by atoms with E-state index in [1.54, 1.807) is 30.3 Å². The van der Waals surface area contributed by atoms with Crippen LogP contribution >= 0.6 is 11.6 Å². The molecular formula is C15H11ClF2N2O. The molecule has 3 aromatic rings. The number of nitrogens with one attached hydrogen (secondary N) is 1. The Morgan fingerprint density at radius 3 is 2.71 bits per heavy atom. The third-order valence-electron chi connectivity index (χ3n) is 3.08. The van der Waals surface area contributed by atoms with Crippen LogP contribution in [0.4, 0.5) is 8.78 Å². The molecule has 0 atom stereocenters. The number of hydrogen-bond acceptors (Lipinski definition) is 2. The molecule has 21 heavy (non-hydrogen) atoms. The van der Waals surface area contributed by atoms with Crippen LogP contribution < -0.4 is 4.74 Å². The van der Waals surface area contributed by atoms with Gasteiger partial charge in [0.25, 0.3) is 0 Å². The molecule has 3 rings (SSSR count). The summed E-state index contributed by atoms with van der Waals surface area (Å²) in [6, 6.07) is 10.0. The van der Waals surface area contributed by atoms with Crippen LogP contribution in [0.5, 0.6) is 5.75 Å². The number of aryl methyl sites for hydroxylation is 1. The quantitative estimate of drug-likeness (QED) is 0.755. The zero-order valence-corrected chi connectivity index (χ0v) is 11.8. The number of imidazole rings is 1. The predicted molar refractivity (Wildman–Crippen MR) is 77.9 cm³/mol. The molecular weight excluding hydrogens is 298 g/mol. The fraction of sp³-hybridized carbons (Fsp3) is 0.133. The molecule has 0 radical (unpaired) electrons. The molecule has 1 N–H and O–H groups in total. The first-order chi connectivity index (χ1) is 10.0. The number of aromatic nitrogens is 2. The molecule has 0 aliphatic carbocycles. The number of para-hydroxylation sites is 1. The third-order valence-corrected chi connectivity index (χ3v) is 3.40. The van der Waals surface area contributed by atoms with E-state index in [1.807, 2.05) is 6.92 Å². The van der Waals surface area contributed by atoms with Crippen LogP contribution in [0.25, 0.3) is 22.2 Å². The summed E-state index contributed by atoms with van der Waals surface area (Å²) in [5.41, 5.74) is 2.63. The molecule has 0 amide bonds. The van der Waals surface area contributed by atoms with Crippen molar-refractivity contribution in [1.29, 1.82) is 0 Å². The van der Waals surface area contributed by atoms with E-state index in [1.165, 1.54) is 6.07 Å². The average Bonchev–Trinajstić information content (AvgIpc) is 2.77. The normalized spacial score (nSPS) is 11.3. The SMILES string of the molecule is Cc1nc2cc(-c3ccccc3OC(F)F)c(Cl)cc2[nH]1. The molecule has 0 aliphatic heterocycles. The smallest absolute Gasteiger partial charge is 0.387 e. The van der Waals surface area contributed by atoms with Crippen molar-refractivity contribution in [1.82, 2.24) is 9.97 Å². The number of halogens is 3. The van der Waals surface area contributed by atoms with Gasteiger partial charge < -0.3 is 9.72 Å². The molecule has 1 aromatic heterocycles. The average molecular weight is 309 g/mol. The first-order valence-corrected chi connectivity index (χ1v) is 6.62. The minimum atomic E-state index is -2.89. The number of H-pyrrole nitrogens is 1. The van der Waals surface area contributed by atoms with Gasteiger partial charge in [0, 0.05) is 11.1 Å². The summed E-state index contributed by atoms with van der Waals surface area (Å²) in [5.74, 6) is 0.844. The number of alkyl halides is 2. The van der Waals surface area contributed by atoms with Crippen molar-refractivity contribution in [3.8, 4) is 16.9 Å². The summed E-state index contributed by atoms with van der Waals surface area (Å²) in [6.45, 7) is -1.05. The zero-order chi connectivity index (χ0) is 15.0. The Morgan fingerprint density at radius 1 is 1.19 bits per heavy atom. The van der Waals surface area contributed by atoms with Gasteiger partial charge in [0.2, 0.25) is 0 Å².